The van der Waals surface area contributed by atoms with E-state index in [1.54, 1.807) is 0 Å². The Morgan fingerprint density at radius 1 is 1.04 bits per heavy atom. The second-order valence-electron chi connectivity index (χ2n) is 8.38. The Morgan fingerprint density at radius 3 is 2.68 bits per heavy atom. The fourth-order valence-electron chi connectivity index (χ4n) is 4.65. The van der Waals surface area contributed by atoms with E-state index < -0.39 is 0 Å². The van der Waals surface area contributed by atoms with Gasteiger partial charge in [0.1, 0.15) is 0 Å². The average molecular weight is 379 g/mol. The van der Waals surface area contributed by atoms with Gasteiger partial charge >= 0.3 is 0 Å². The molecule has 2 aromatic heterocycles. The Kier molecular flexibility index (Phi) is 6.01. The van der Waals surface area contributed by atoms with Gasteiger partial charge < -0.3 is 9.80 Å². The topological polar surface area (TPSA) is 49.3 Å². The highest BCUT2D eigenvalue weighted by Gasteiger charge is 2.40. The summed E-state index contributed by atoms with van der Waals surface area (Å²) in [4.78, 5) is 25.7. The minimum absolute atomic E-state index is 0.287. The van der Waals surface area contributed by atoms with Crippen LogP contribution < -0.4 is 0 Å². The van der Waals surface area contributed by atoms with Gasteiger partial charge in [-0.15, -0.1) is 0 Å². The van der Waals surface area contributed by atoms with Crippen LogP contribution in [-0.2, 0) is 17.8 Å². The molecule has 1 spiro atoms. The van der Waals surface area contributed by atoms with Crippen molar-refractivity contribution in [1.29, 1.82) is 0 Å². The lowest BCUT2D eigenvalue weighted by atomic mass is 9.72. The second kappa shape index (κ2) is 8.82. The third kappa shape index (κ3) is 4.76. The number of rotatable bonds is 6. The molecular weight excluding hydrogens is 348 g/mol. The van der Waals surface area contributed by atoms with Gasteiger partial charge in [-0.2, -0.15) is 0 Å². The van der Waals surface area contributed by atoms with Crippen molar-refractivity contribution in [3.8, 4) is 0 Å². The van der Waals surface area contributed by atoms with Crippen LogP contribution in [0.5, 0.6) is 0 Å². The minimum Gasteiger partial charge on any atom is -0.336 e. The normalized spacial score (nSPS) is 19.9. The fraction of sp³-hybridized carbons (Fsp3) is 0.522. The molecule has 0 aromatic carbocycles. The van der Waals surface area contributed by atoms with Gasteiger partial charge in [0.05, 0.1) is 12.2 Å². The average Bonchev–Trinajstić information content (AvgIpc) is 2.74. The third-order valence-electron chi connectivity index (χ3n) is 6.41. The number of nitrogens with zero attached hydrogens (tertiary/aromatic N) is 4. The quantitative estimate of drug-likeness (QED) is 0.774. The number of aromatic nitrogens is 2. The van der Waals surface area contributed by atoms with Crippen LogP contribution >= 0.6 is 0 Å². The summed E-state index contributed by atoms with van der Waals surface area (Å²) in [7, 11) is 0. The molecule has 2 aliphatic heterocycles. The molecule has 0 radical (unpaired) electrons. The highest BCUT2D eigenvalue weighted by molar-refractivity contribution is 5.77. The van der Waals surface area contributed by atoms with E-state index in [0.29, 0.717) is 18.4 Å². The lowest BCUT2D eigenvalue weighted by molar-refractivity contribution is -0.140. The zero-order valence-electron chi connectivity index (χ0n) is 16.6. The van der Waals surface area contributed by atoms with E-state index in [4.69, 9.17) is 0 Å². The number of carbonyl (C=O) groups is 1. The van der Waals surface area contributed by atoms with Gasteiger partial charge in [-0.1, -0.05) is 12.1 Å². The van der Waals surface area contributed by atoms with Crippen LogP contribution in [0.4, 0.5) is 0 Å². The minimum atomic E-state index is 0.287. The van der Waals surface area contributed by atoms with Gasteiger partial charge in [0, 0.05) is 31.6 Å². The summed E-state index contributed by atoms with van der Waals surface area (Å²) < 4.78 is 0. The van der Waals surface area contributed by atoms with Crippen LogP contribution in [0.25, 0.3) is 0 Å². The molecule has 0 atom stereocenters. The van der Waals surface area contributed by atoms with Crippen molar-refractivity contribution in [1.82, 2.24) is 19.8 Å². The zero-order valence-corrected chi connectivity index (χ0v) is 16.6. The van der Waals surface area contributed by atoms with Crippen molar-refractivity contribution < 1.29 is 4.79 Å². The number of hydrogen-bond donors (Lipinski definition) is 0. The van der Waals surface area contributed by atoms with E-state index in [2.05, 4.69) is 20.9 Å². The van der Waals surface area contributed by atoms with Gasteiger partial charge in [0.15, 0.2) is 0 Å². The van der Waals surface area contributed by atoms with Crippen LogP contribution in [0.3, 0.4) is 0 Å². The standard InChI is InChI=1S/C23H30N4O/c28-22-8-9-23(19-27(22)18-21-7-1-2-13-25-21)10-15-26(16-11-23)14-4-6-20-5-3-12-24-17-20/h1-3,5,7,12-13,17H,4,6,8-11,14-16,18-19H2. The van der Waals surface area contributed by atoms with Crippen LogP contribution in [0.1, 0.15) is 43.4 Å². The van der Waals surface area contributed by atoms with Gasteiger partial charge in [-0.3, -0.25) is 14.8 Å². The molecule has 148 valence electrons. The summed E-state index contributed by atoms with van der Waals surface area (Å²) in [5, 5.41) is 0. The molecule has 0 saturated carbocycles. The molecule has 2 aliphatic rings. The second-order valence-corrected chi connectivity index (χ2v) is 8.38. The summed E-state index contributed by atoms with van der Waals surface area (Å²) in [6, 6.07) is 10.1. The first-order valence-electron chi connectivity index (χ1n) is 10.5. The lowest BCUT2D eigenvalue weighted by Crippen LogP contribution is -2.51. The highest BCUT2D eigenvalue weighted by atomic mass is 16.2. The molecule has 2 saturated heterocycles. The molecule has 5 heteroatoms. The Labute approximate surface area is 167 Å². The highest BCUT2D eigenvalue weighted by Crippen LogP contribution is 2.40. The maximum absolute atomic E-state index is 12.4. The smallest absolute Gasteiger partial charge is 0.222 e. The first-order valence-corrected chi connectivity index (χ1v) is 10.5. The molecule has 0 aliphatic carbocycles. The summed E-state index contributed by atoms with van der Waals surface area (Å²) in [5.41, 5.74) is 2.62. The summed E-state index contributed by atoms with van der Waals surface area (Å²) in [6.45, 7) is 5.00. The van der Waals surface area contributed by atoms with Crippen LogP contribution in [0.15, 0.2) is 48.9 Å². The number of carbonyl (C=O) groups excluding carboxylic acids is 1. The summed E-state index contributed by atoms with van der Waals surface area (Å²) in [5.74, 6) is 0.287. The first-order chi connectivity index (χ1) is 13.7. The van der Waals surface area contributed by atoms with Crippen LogP contribution in [0.2, 0.25) is 0 Å². The molecule has 1 amide bonds. The van der Waals surface area contributed by atoms with E-state index >= 15 is 0 Å². The van der Waals surface area contributed by atoms with E-state index in [-0.39, 0.29) is 5.91 Å². The maximum atomic E-state index is 12.4. The zero-order chi connectivity index (χ0) is 19.2. The molecule has 0 bridgehead atoms. The van der Waals surface area contributed by atoms with Crippen molar-refractivity contribution in [2.45, 2.75) is 45.1 Å². The largest absolute Gasteiger partial charge is 0.336 e. The van der Waals surface area contributed by atoms with Crippen molar-refractivity contribution in [3.63, 3.8) is 0 Å². The Balaban J connectivity index is 1.26. The molecule has 4 rings (SSSR count). The van der Waals surface area contributed by atoms with E-state index in [0.717, 1.165) is 44.7 Å². The molecular formula is C23H30N4O. The summed E-state index contributed by atoms with van der Waals surface area (Å²) >= 11 is 0. The number of hydrogen-bond acceptors (Lipinski definition) is 4. The lowest BCUT2D eigenvalue weighted by Gasteiger charge is -2.47. The molecule has 28 heavy (non-hydrogen) atoms. The molecule has 2 fully saturated rings. The van der Waals surface area contributed by atoms with Crippen LogP contribution in [-0.4, -0.2) is 51.9 Å². The number of pyridine rings is 2. The number of piperidine rings is 2. The number of amides is 1. The number of likely N-dealkylation sites (tertiary alicyclic amines) is 2. The third-order valence-corrected chi connectivity index (χ3v) is 6.41. The van der Waals surface area contributed by atoms with E-state index in [9.17, 15) is 4.79 Å². The maximum Gasteiger partial charge on any atom is 0.222 e. The van der Waals surface area contributed by atoms with Gasteiger partial charge in [0.2, 0.25) is 5.91 Å². The Morgan fingerprint density at radius 2 is 1.93 bits per heavy atom. The van der Waals surface area contributed by atoms with E-state index in [1.165, 1.54) is 24.8 Å². The van der Waals surface area contributed by atoms with Crippen molar-refractivity contribution >= 4 is 5.91 Å². The fourth-order valence-corrected chi connectivity index (χ4v) is 4.65. The van der Waals surface area contributed by atoms with Crippen molar-refractivity contribution in [2.24, 2.45) is 5.41 Å². The molecule has 0 N–H and O–H groups in total. The van der Waals surface area contributed by atoms with Crippen molar-refractivity contribution in [3.05, 3.63) is 60.2 Å². The monoisotopic (exact) mass is 378 g/mol. The van der Waals surface area contributed by atoms with E-state index in [1.807, 2.05) is 47.8 Å². The first kappa shape index (κ1) is 19.1. The van der Waals surface area contributed by atoms with Gasteiger partial charge in [-0.05, 0) is 80.9 Å². The van der Waals surface area contributed by atoms with Gasteiger partial charge in [0.25, 0.3) is 0 Å². The molecule has 4 heterocycles. The predicted octanol–water partition coefficient (Wildman–Crippen LogP) is 3.31. The predicted molar refractivity (Wildman–Crippen MR) is 110 cm³/mol. The molecule has 5 nitrogen and oxygen atoms in total. The number of aryl methyl sites for hydroxylation is 1. The SMILES string of the molecule is O=C1CCC2(CCN(CCCc3cccnc3)CC2)CN1Cc1ccccn1. The molecule has 0 unspecified atom stereocenters. The summed E-state index contributed by atoms with van der Waals surface area (Å²) in [6.07, 6.45) is 12.0. The van der Waals surface area contributed by atoms with Gasteiger partial charge in [-0.25, -0.2) is 0 Å². The molecule has 2 aromatic rings. The van der Waals surface area contributed by atoms with Crippen molar-refractivity contribution in [2.75, 3.05) is 26.2 Å². The van der Waals surface area contributed by atoms with Crippen LogP contribution in [0, 0.1) is 5.41 Å². The Hall–Kier alpha value is -2.27. The Bertz CT molecular complexity index is 757.